The first-order valence-corrected chi connectivity index (χ1v) is 11.6. The van der Waals surface area contributed by atoms with E-state index in [1.54, 1.807) is 0 Å². The molecule has 1 saturated heterocycles. The first kappa shape index (κ1) is 23.4. The van der Waals surface area contributed by atoms with Crippen molar-refractivity contribution in [3.8, 4) is 11.4 Å². The SMILES string of the molecule is C[C@H]1COCCN1c1cc(CNC(C)(C)CO)nc(-c2ccc(NC(=O)NC3CC3)cc2)n1. The van der Waals surface area contributed by atoms with Crippen LogP contribution >= 0.6 is 0 Å². The summed E-state index contributed by atoms with van der Waals surface area (Å²) in [5.41, 5.74) is 2.03. The van der Waals surface area contributed by atoms with Crippen molar-refractivity contribution < 1.29 is 14.6 Å². The third-order valence-electron chi connectivity index (χ3n) is 5.88. The van der Waals surface area contributed by atoms with Crippen molar-refractivity contribution in [3.63, 3.8) is 0 Å². The Bertz CT molecular complexity index is 961. The second-order valence-electron chi connectivity index (χ2n) is 9.50. The number of aliphatic hydroxyl groups excluding tert-OH is 1. The number of carbonyl (C=O) groups excluding carboxylic acids is 1. The first-order valence-electron chi connectivity index (χ1n) is 11.6. The second-order valence-corrected chi connectivity index (χ2v) is 9.50. The Labute approximate surface area is 195 Å². The van der Waals surface area contributed by atoms with Gasteiger partial charge in [-0.3, -0.25) is 0 Å². The summed E-state index contributed by atoms with van der Waals surface area (Å²) >= 11 is 0. The van der Waals surface area contributed by atoms with Crippen molar-refractivity contribution in [1.29, 1.82) is 0 Å². The summed E-state index contributed by atoms with van der Waals surface area (Å²) in [4.78, 5) is 23.9. The maximum atomic E-state index is 12.0. The van der Waals surface area contributed by atoms with E-state index in [0.29, 0.717) is 31.6 Å². The van der Waals surface area contributed by atoms with Crippen LogP contribution in [0.4, 0.5) is 16.3 Å². The third-order valence-corrected chi connectivity index (χ3v) is 5.88. The third kappa shape index (κ3) is 6.40. The molecule has 1 saturated carbocycles. The lowest BCUT2D eigenvalue weighted by atomic mass is 10.1. The highest BCUT2D eigenvalue weighted by molar-refractivity contribution is 5.89. The number of nitrogens with one attached hydrogen (secondary N) is 3. The van der Waals surface area contributed by atoms with E-state index < -0.39 is 5.54 Å². The van der Waals surface area contributed by atoms with E-state index in [9.17, 15) is 9.90 Å². The van der Waals surface area contributed by atoms with Crippen LogP contribution in [-0.4, -0.2) is 65.1 Å². The van der Waals surface area contributed by atoms with Crippen LogP contribution < -0.4 is 20.9 Å². The van der Waals surface area contributed by atoms with Gasteiger partial charge in [0, 0.05) is 42.0 Å². The maximum Gasteiger partial charge on any atom is 0.319 e. The summed E-state index contributed by atoms with van der Waals surface area (Å²) < 4.78 is 5.59. The van der Waals surface area contributed by atoms with Crippen molar-refractivity contribution >= 4 is 17.5 Å². The fourth-order valence-electron chi connectivity index (χ4n) is 3.59. The van der Waals surface area contributed by atoms with Crippen molar-refractivity contribution in [1.82, 2.24) is 20.6 Å². The highest BCUT2D eigenvalue weighted by Gasteiger charge is 2.24. The summed E-state index contributed by atoms with van der Waals surface area (Å²) in [5.74, 6) is 1.49. The van der Waals surface area contributed by atoms with Gasteiger partial charge in [-0.2, -0.15) is 0 Å². The molecule has 178 valence electrons. The minimum absolute atomic E-state index is 0.0289. The zero-order valence-electron chi connectivity index (χ0n) is 19.6. The molecule has 33 heavy (non-hydrogen) atoms. The summed E-state index contributed by atoms with van der Waals surface area (Å²) in [7, 11) is 0. The lowest BCUT2D eigenvalue weighted by Gasteiger charge is -2.34. The Kier molecular flexibility index (Phi) is 7.11. The van der Waals surface area contributed by atoms with Crippen LogP contribution in [0.1, 0.15) is 39.3 Å². The number of amides is 2. The summed E-state index contributed by atoms with van der Waals surface area (Å²) in [6.07, 6.45) is 2.10. The van der Waals surface area contributed by atoms with E-state index >= 15 is 0 Å². The topological polar surface area (TPSA) is 112 Å². The lowest BCUT2D eigenvalue weighted by Crippen LogP contribution is -2.44. The number of benzene rings is 1. The van der Waals surface area contributed by atoms with Crippen LogP contribution in [0, 0.1) is 0 Å². The zero-order valence-corrected chi connectivity index (χ0v) is 19.6. The summed E-state index contributed by atoms with van der Waals surface area (Å²) in [6, 6.07) is 9.92. The standard InChI is InChI=1S/C24H34N6O3/c1-16-14-33-11-10-30(16)21-12-20(13-25-24(2,3)15-31)26-22(29-21)17-4-6-18(7-5-17)27-23(32)28-19-8-9-19/h4-7,12,16,19,25,31H,8-11,13-15H2,1-3H3,(H2,27,28,32)/t16-/m0/s1. The molecule has 1 aliphatic heterocycles. The number of hydrogen-bond acceptors (Lipinski definition) is 7. The van der Waals surface area contributed by atoms with E-state index in [1.165, 1.54) is 0 Å². The number of aromatic nitrogens is 2. The Morgan fingerprint density at radius 1 is 1.24 bits per heavy atom. The van der Waals surface area contributed by atoms with Crippen LogP contribution in [0.15, 0.2) is 30.3 Å². The van der Waals surface area contributed by atoms with Gasteiger partial charge in [0.2, 0.25) is 0 Å². The number of ether oxygens (including phenoxy) is 1. The molecule has 2 fully saturated rings. The van der Waals surface area contributed by atoms with E-state index in [4.69, 9.17) is 14.7 Å². The van der Waals surface area contributed by atoms with Crippen molar-refractivity contribution in [2.75, 3.05) is 36.6 Å². The molecule has 2 amide bonds. The van der Waals surface area contributed by atoms with Crippen molar-refractivity contribution in [2.45, 2.75) is 57.8 Å². The van der Waals surface area contributed by atoms with Gasteiger partial charge in [-0.25, -0.2) is 14.8 Å². The molecular weight excluding hydrogens is 420 g/mol. The average Bonchev–Trinajstić information content (AvgIpc) is 3.62. The Morgan fingerprint density at radius 2 is 2.00 bits per heavy atom. The Morgan fingerprint density at radius 3 is 2.67 bits per heavy atom. The van der Waals surface area contributed by atoms with Gasteiger partial charge >= 0.3 is 6.03 Å². The fourth-order valence-corrected chi connectivity index (χ4v) is 3.59. The molecule has 2 heterocycles. The van der Waals surface area contributed by atoms with Gasteiger partial charge in [0.25, 0.3) is 0 Å². The molecule has 0 unspecified atom stereocenters. The van der Waals surface area contributed by atoms with Gasteiger partial charge in [-0.15, -0.1) is 0 Å². The average molecular weight is 455 g/mol. The van der Waals surface area contributed by atoms with E-state index in [0.717, 1.165) is 42.1 Å². The first-order chi connectivity index (χ1) is 15.8. The fraction of sp³-hybridized carbons (Fsp3) is 0.542. The van der Waals surface area contributed by atoms with Gasteiger partial charge in [-0.1, -0.05) is 0 Å². The molecule has 2 aliphatic rings. The lowest BCUT2D eigenvalue weighted by molar-refractivity contribution is 0.0985. The maximum absolute atomic E-state index is 12.0. The number of morpholine rings is 1. The number of nitrogens with zero attached hydrogens (tertiary/aromatic N) is 3. The van der Waals surface area contributed by atoms with Gasteiger partial charge < -0.3 is 30.7 Å². The quantitative estimate of drug-likeness (QED) is 0.485. The molecule has 4 N–H and O–H groups in total. The highest BCUT2D eigenvalue weighted by Crippen LogP contribution is 2.25. The molecule has 9 nitrogen and oxygen atoms in total. The molecule has 0 spiro atoms. The van der Waals surface area contributed by atoms with Crippen molar-refractivity contribution in [3.05, 3.63) is 36.0 Å². The smallest absolute Gasteiger partial charge is 0.319 e. The predicted octanol–water partition coefficient (Wildman–Crippen LogP) is 2.51. The van der Waals surface area contributed by atoms with Crippen LogP contribution in [0.5, 0.6) is 0 Å². The van der Waals surface area contributed by atoms with E-state index in [1.807, 2.05) is 44.2 Å². The number of aliphatic hydroxyl groups is 1. The number of rotatable bonds is 8. The minimum Gasteiger partial charge on any atom is -0.394 e. The van der Waals surface area contributed by atoms with Gasteiger partial charge in [0.05, 0.1) is 31.6 Å². The molecule has 1 atom stereocenters. The number of urea groups is 1. The highest BCUT2D eigenvalue weighted by atomic mass is 16.5. The minimum atomic E-state index is -0.411. The molecule has 1 aromatic carbocycles. The summed E-state index contributed by atoms with van der Waals surface area (Å²) in [5, 5.41) is 18.7. The number of anilines is 2. The largest absolute Gasteiger partial charge is 0.394 e. The Balaban J connectivity index is 1.56. The predicted molar refractivity (Wildman–Crippen MR) is 128 cm³/mol. The second kappa shape index (κ2) is 10.0. The van der Waals surface area contributed by atoms with Crippen molar-refractivity contribution in [2.24, 2.45) is 0 Å². The van der Waals surface area contributed by atoms with E-state index in [2.05, 4.69) is 27.8 Å². The molecule has 4 rings (SSSR count). The van der Waals surface area contributed by atoms with Crippen LogP contribution in [0.3, 0.4) is 0 Å². The van der Waals surface area contributed by atoms with Crippen LogP contribution in [0.25, 0.3) is 11.4 Å². The number of carbonyl (C=O) groups is 1. The molecule has 0 radical (unpaired) electrons. The molecule has 0 bridgehead atoms. The zero-order chi connectivity index (χ0) is 23.4. The van der Waals surface area contributed by atoms with E-state index in [-0.39, 0.29) is 18.7 Å². The van der Waals surface area contributed by atoms with Gasteiger partial charge in [-0.05, 0) is 57.9 Å². The summed E-state index contributed by atoms with van der Waals surface area (Å²) in [6.45, 7) is 8.66. The van der Waals surface area contributed by atoms with Crippen LogP contribution in [0.2, 0.25) is 0 Å². The monoisotopic (exact) mass is 454 g/mol. The molecule has 1 aliphatic carbocycles. The Hall–Kier alpha value is -2.75. The molecule has 2 aromatic rings. The molecular formula is C24H34N6O3. The normalized spacial score (nSPS) is 18.8. The molecule has 9 heteroatoms. The van der Waals surface area contributed by atoms with Crippen LogP contribution in [-0.2, 0) is 11.3 Å². The number of hydrogen-bond donors (Lipinski definition) is 4. The van der Waals surface area contributed by atoms with Gasteiger partial charge in [0.1, 0.15) is 5.82 Å². The van der Waals surface area contributed by atoms with Gasteiger partial charge in [0.15, 0.2) is 5.82 Å². The molecule has 1 aromatic heterocycles.